The molecule has 4 nitrogen and oxygen atoms in total. The maximum Gasteiger partial charge on any atom is 0.313 e. The van der Waals surface area contributed by atoms with Gasteiger partial charge in [0, 0.05) is 10.1 Å². The van der Waals surface area contributed by atoms with E-state index < -0.39 is 5.97 Å². The third kappa shape index (κ3) is 3.88. The molecule has 0 radical (unpaired) electrons. The number of thioether (sulfide) groups is 1. The van der Waals surface area contributed by atoms with Crippen LogP contribution in [0.2, 0.25) is 0 Å². The number of halogens is 1. The van der Waals surface area contributed by atoms with Gasteiger partial charge in [-0.25, -0.2) is 4.98 Å². The van der Waals surface area contributed by atoms with Crippen molar-refractivity contribution >= 4 is 51.4 Å². The summed E-state index contributed by atoms with van der Waals surface area (Å²) in [4.78, 5) is 15.3. The fourth-order valence-electron chi connectivity index (χ4n) is 1.92. The van der Waals surface area contributed by atoms with E-state index in [1.54, 1.807) is 0 Å². The monoisotopic (exact) mass is 404 g/mol. The molecule has 20 heavy (non-hydrogen) atoms. The lowest BCUT2D eigenvalue weighted by atomic mass is 10.1. The first-order valence-corrected chi connectivity index (χ1v) is 8.54. The van der Waals surface area contributed by atoms with E-state index in [0.29, 0.717) is 5.92 Å². The summed E-state index contributed by atoms with van der Waals surface area (Å²) in [6.07, 6.45) is 1.05. The molecular weight excluding hydrogens is 387 g/mol. The lowest BCUT2D eigenvalue weighted by molar-refractivity contribution is -0.133. The SMILES string of the molecule is CC(C)CCn1c(SCC(=O)O)nc2cc(I)ccc21. The standard InChI is InChI=1S/C14H17IN2O2S/c1-9(2)5-6-17-12-4-3-10(15)7-11(12)16-14(17)20-8-13(18)19/h3-4,7,9H,5-6,8H2,1-2H3,(H,18,19). The van der Waals surface area contributed by atoms with E-state index in [0.717, 1.165) is 32.7 Å². The van der Waals surface area contributed by atoms with Crippen LogP contribution in [0.3, 0.4) is 0 Å². The molecule has 1 N–H and O–H groups in total. The van der Waals surface area contributed by atoms with Gasteiger partial charge >= 0.3 is 5.97 Å². The van der Waals surface area contributed by atoms with Crippen LogP contribution in [0.5, 0.6) is 0 Å². The van der Waals surface area contributed by atoms with Gasteiger partial charge in [-0.05, 0) is 53.1 Å². The molecule has 0 aliphatic heterocycles. The summed E-state index contributed by atoms with van der Waals surface area (Å²) in [5.41, 5.74) is 2.02. The lowest BCUT2D eigenvalue weighted by Crippen LogP contribution is -2.05. The third-order valence-corrected chi connectivity index (χ3v) is 4.56. The zero-order valence-electron chi connectivity index (χ0n) is 11.5. The quantitative estimate of drug-likeness (QED) is 0.587. The molecule has 1 aromatic carbocycles. The molecule has 0 atom stereocenters. The van der Waals surface area contributed by atoms with Crippen molar-refractivity contribution in [1.29, 1.82) is 0 Å². The Labute approximate surface area is 136 Å². The van der Waals surface area contributed by atoms with Crippen molar-refractivity contribution in [3.05, 3.63) is 21.8 Å². The van der Waals surface area contributed by atoms with Gasteiger partial charge < -0.3 is 9.67 Å². The minimum Gasteiger partial charge on any atom is -0.481 e. The Morgan fingerprint density at radius 3 is 2.90 bits per heavy atom. The van der Waals surface area contributed by atoms with Gasteiger partial charge in [0.15, 0.2) is 5.16 Å². The number of nitrogens with zero attached hydrogens (tertiary/aromatic N) is 2. The molecule has 2 rings (SSSR count). The molecule has 0 amide bonds. The van der Waals surface area contributed by atoms with Crippen molar-refractivity contribution in [2.24, 2.45) is 5.92 Å². The van der Waals surface area contributed by atoms with E-state index in [4.69, 9.17) is 5.11 Å². The molecule has 2 aromatic rings. The van der Waals surface area contributed by atoms with Gasteiger partial charge in [0.1, 0.15) is 0 Å². The summed E-state index contributed by atoms with van der Waals surface area (Å²) in [6.45, 7) is 5.24. The first-order chi connectivity index (χ1) is 9.47. The number of carbonyl (C=O) groups is 1. The van der Waals surface area contributed by atoms with Gasteiger partial charge in [0.05, 0.1) is 16.8 Å². The van der Waals surface area contributed by atoms with Crippen molar-refractivity contribution in [1.82, 2.24) is 9.55 Å². The topological polar surface area (TPSA) is 55.1 Å². The molecule has 0 fully saturated rings. The largest absolute Gasteiger partial charge is 0.481 e. The van der Waals surface area contributed by atoms with Crippen LogP contribution in [0.25, 0.3) is 11.0 Å². The number of carboxylic acid groups (broad SMARTS) is 1. The number of aliphatic carboxylic acids is 1. The smallest absolute Gasteiger partial charge is 0.313 e. The third-order valence-electron chi connectivity index (χ3n) is 2.93. The van der Waals surface area contributed by atoms with Gasteiger partial charge in [-0.2, -0.15) is 0 Å². The van der Waals surface area contributed by atoms with Gasteiger partial charge in [0.2, 0.25) is 0 Å². The average molecular weight is 404 g/mol. The highest BCUT2D eigenvalue weighted by molar-refractivity contribution is 14.1. The molecule has 0 spiro atoms. The summed E-state index contributed by atoms with van der Waals surface area (Å²) >= 11 is 3.55. The molecule has 6 heteroatoms. The number of hydrogen-bond acceptors (Lipinski definition) is 3. The number of aromatic nitrogens is 2. The molecule has 0 aliphatic carbocycles. The van der Waals surface area contributed by atoms with E-state index in [1.807, 2.05) is 6.07 Å². The maximum atomic E-state index is 10.8. The molecule has 1 heterocycles. The molecule has 108 valence electrons. The Kier molecular flexibility index (Phi) is 5.31. The predicted octanol–water partition coefficient (Wildman–Crippen LogP) is 3.86. The minimum absolute atomic E-state index is 0.0437. The van der Waals surface area contributed by atoms with Crippen molar-refractivity contribution in [2.45, 2.75) is 32.0 Å². The molecule has 0 unspecified atom stereocenters. The van der Waals surface area contributed by atoms with Crippen molar-refractivity contribution in [3.8, 4) is 0 Å². The number of carboxylic acids is 1. The number of imidazole rings is 1. The van der Waals surface area contributed by atoms with Crippen molar-refractivity contribution in [2.75, 3.05) is 5.75 Å². The zero-order chi connectivity index (χ0) is 14.7. The fraction of sp³-hybridized carbons (Fsp3) is 0.429. The van der Waals surface area contributed by atoms with Crippen LogP contribution >= 0.6 is 34.4 Å². The summed E-state index contributed by atoms with van der Waals surface area (Å²) in [5, 5.41) is 9.64. The van der Waals surface area contributed by atoms with Crippen LogP contribution < -0.4 is 0 Å². The molecule has 0 bridgehead atoms. The average Bonchev–Trinajstić information content (AvgIpc) is 2.70. The van der Waals surface area contributed by atoms with Crippen molar-refractivity contribution < 1.29 is 9.90 Å². The van der Waals surface area contributed by atoms with E-state index in [1.165, 1.54) is 11.8 Å². The Bertz CT molecular complexity index is 625. The molecule has 0 saturated carbocycles. The second-order valence-electron chi connectivity index (χ2n) is 5.04. The van der Waals surface area contributed by atoms with Crippen LogP contribution in [-0.4, -0.2) is 26.4 Å². The predicted molar refractivity (Wildman–Crippen MR) is 90.3 cm³/mol. The molecule has 0 aliphatic rings. The number of rotatable bonds is 6. The number of fused-ring (bicyclic) bond motifs is 1. The van der Waals surface area contributed by atoms with Gasteiger partial charge in [0.25, 0.3) is 0 Å². The Hall–Kier alpha value is -0.760. The maximum absolute atomic E-state index is 10.8. The second kappa shape index (κ2) is 6.80. The van der Waals surface area contributed by atoms with Gasteiger partial charge in [-0.1, -0.05) is 25.6 Å². The normalized spacial score (nSPS) is 11.4. The second-order valence-corrected chi connectivity index (χ2v) is 7.23. The van der Waals surface area contributed by atoms with Gasteiger partial charge in [-0.3, -0.25) is 4.79 Å². The van der Waals surface area contributed by atoms with E-state index in [-0.39, 0.29) is 5.75 Å². The van der Waals surface area contributed by atoms with Crippen LogP contribution in [0, 0.1) is 9.49 Å². The molecule has 1 aromatic heterocycles. The molecule has 0 saturated heterocycles. The lowest BCUT2D eigenvalue weighted by Gasteiger charge is -2.10. The number of aryl methyl sites for hydroxylation is 1. The molecular formula is C14H17IN2O2S. The fourth-order valence-corrected chi connectivity index (χ4v) is 3.16. The highest BCUT2D eigenvalue weighted by Crippen LogP contribution is 2.26. The zero-order valence-corrected chi connectivity index (χ0v) is 14.4. The van der Waals surface area contributed by atoms with E-state index in [9.17, 15) is 4.79 Å². The van der Waals surface area contributed by atoms with E-state index >= 15 is 0 Å². The van der Waals surface area contributed by atoms with Crippen LogP contribution in [0.4, 0.5) is 0 Å². The Balaban J connectivity index is 2.36. The van der Waals surface area contributed by atoms with Crippen LogP contribution in [-0.2, 0) is 11.3 Å². The Morgan fingerprint density at radius 2 is 2.25 bits per heavy atom. The summed E-state index contributed by atoms with van der Waals surface area (Å²) < 4.78 is 3.28. The number of hydrogen-bond donors (Lipinski definition) is 1. The minimum atomic E-state index is -0.813. The van der Waals surface area contributed by atoms with Crippen molar-refractivity contribution in [3.63, 3.8) is 0 Å². The van der Waals surface area contributed by atoms with Gasteiger partial charge in [-0.15, -0.1) is 0 Å². The highest BCUT2D eigenvalue weighted by atomic mass is 127. The summed E-state index contributed by atoms with van der Waals surface area (Å²) in [7, 11) is 0. The highest BCUT2D eigenvalue weighted by Gasteiger charge is 2.13. The first-order valence-electron chi connectivity index (χ1n) is 6.47. The first kappa shape index (κ1) is 15.6. The summed E-state index contributed by atoms with van der Waals surface area (Å²) in [5.74, 6) is -0.164. The van der Waals surface area contributed by atoms with Crippen LogP contribution in [0.1, 0.15) is 20.3 Å². The van der Waals surface area contributed by atoms with Crippen LogP contribution in [0.15, 0.2) is 23.4 Å². The summed E-state index contributed by atoms with van der Waals surface area (Å²) in [6, 6.07) is 6.16. The number of benzene rings is 1. The Morgan fingerprint density at radius 1 is 1.50 bits per heavy atom. The van der Waals surface area contributed by atoms with E-state index in [2.05, 4.69) is 58.1 Å².